The van der Waals surface area contributed by atoms with E-state index in [4.69, 9.17) is 14.8 Å². The molecule has 4 rings (SSSR count). The molecule has 9 nitrogen and oxygen atoms in total. The van der Waals surface area contributed by atoms with E-state index in [1.807, 2.05) is 44.2 Å². The van der Waals surface area contributed by atoms with Crippen LogP contribution in [-0.2, 0) is 39.3 Å². The van der Waals surface area contributed by atoms with Gasteiger partial charge in [0.1, 0.15) is 0 Å². The van der Waals surface area contributed by atoms with Gasteiger partial charge in [0.05, 0.1) is 21.5 Å². The number of aliphatic hydroxyl groups is 1. The molecule has 0 fully saturated rings. The molecule has 0 bridgehead atoms. The standard InChI is InChI=1S/C19H23F3N2O.2C7H8O3S/c20-19(21,22)16-8-4-7-15(11-16)9-10-24-13-18(25)17(23)12-14-5-2-1-3-6-14;2*1-6-2-4-7(5-3-6)11(8,9)10/h1-8,11,17-18,24-25H,9-10,12-13,23H2;2*2-5H,1H3,(H,8,9,10)/t17-,18+;;/m0../s1. The van der Waals surface area contributed by atoms with Gasteiger partial charge in [-0.25, -0.2) is 0 Å². The number of nitrogens with two attached hydrogens (primary N) is 1. The van der Waals surface area contributed by atoms with Crippen molar-refractivity contribution in [1.29, 1.82) is 0 Å². The Morgan fingerprint density at radius 1 is 0.723 bits per heavy atom. The number of rotatable bonds is 10. The Labute approximate surface area is 273 Å². The predicted octanol–water partition coefficient (Wildman–Crippen LogP) is 5.25. The summed E-state index contributed by atoms with van der Waals surface area (Å²) in [5.41, 5.74) is 8.92. The van der Waals surface area contributed by atoms with Crippen molar-refractivity contribution in [3.63, 3.8) is 0 Å². The molecule has 0 amide bonds. The molecular formula is C33H39F3N2O7S2. The molecule has 14 heteroatoms. The highest BCUT2D eigenvalue weighted by atomic mass is 32.2. The maximum atomic E-state index is 12.7. The number of hydrogen-bond donors (Lipinski definition) is 5. The molecule has 6 N–H and O–H groups in total. The van der Waals surface area contributed by atoms with Crippen LogP contribution in [0, 0.1) is 13.8 Å². The molecule has 0 aliphatic carbocycles. The summed E-state index contributed by atoms with van der Waals surface area (Å²) in [6, 6.07) is 26.5. The summed E-state index contributed by atoms with van der Waals surface area (Å²) in [6.45, 7) is 4.45. The first-order chi connectivity index (χ1) is 21.9. The van der Waals surface area contributed by atoms with E-state index in [1.165, 1.54) is 30.3 Å². The molecule has 0 aromatic heterocycles. The van der Waals surface area contributed by atoms with Gasteiger partial charge in [-0.1, -0.05) is 83.9 Å². The van der Waals surface area contributed by atoms with Crippen LogP contribution in [-0.4, -0.2) is 56.3 Å². The third-order valence-corrected chi connectivity index (χ3v) is 8.38. The largest absolute Gasteiger partial charge is 0.416 e. The third-order valence-electron chi connectivity index (χ3n) is 6.64. The van der Waals surface area contributed by atoms with Gasteiger partial charge in [0, 0.05) is 12.6 Å². The summed E-state index contributed by atoms with van der Waals surface area (Å²) in [5.74, 6) is 0. The molecule has 0 aliphatic heterocycles. The molecule has 0 unspecified atom stereocenters. The molecule has 0 spiro atoms. The van der Waals surface area contributed by atoms with Crippen LogP contribution in [0.3, 0.4) is 0 Å². The fraction of sp³-hybridized carbons (Fsp3) is 0.273. The Morgan fingerprint density at radius 2 is 1.19 bits per heavy atom. The number of hydrogen-bond acceptors (Lipinski definition) is 7. The molecule has 0 saturated carbocycles. The van der Waals surface area contributed by atoms with E-state index in [9.17, 15) is 35.1 Å². The SMILES string of the molecule is Cc1ccc(S(=O)(=O)O)cc1.Cc1ccc(S(=O)(=O)O)cc1.N[C@@H](Cc1ccccc1)[C@H](O)CNCCc1cccc(C(F)(F)F)c1. The number of halogens is 3. The monoisotopic (exact) mass is 696 g/mol. The van der Waals surface area contributed by atoms with Crippen LogP contribution in [0.4, 0.5) is 13.2 Å². The van der Waals surface area contributed by atoms with E-state index in [0.29, 0.717) is 31.5 Å². The summed E-state index contributed by atoms with van der Waals surface area (Å²) < 4.78 is 97.1. The van der Waals surface area contributed by atoms with Crippen LogP contribution in [0.5, 0.6) is 0 Å². The third kappa shape index (κ3) is 15.2. The van der Waals surface area contributed by atoms with Crippen LogP contribution in [0.25, 0.3) is 0 Å². The summed E-state index contributed by atoms with van der Waals surface area (Å²) in [7, 11) is -8.04. The van der Waals surface area contributed by atoms with Crippen LogP contribution < -0.4 is 11.1 Å². The average molecular weight is 697 g/mol. The van der Waals surface area contributed by atoms with Crippen LogP contribution in [0.15, 0.2) is 113 Å². The van der Waals surface area contributed by atoms with Gasteiger partial charge in [0.25, 0.3) is 20.2 Å². The topological polar surface area (TPSA) is 167 Å². The van der Waals surface area contributed by atoms with Crippen molar-refractivity contribution in [1.82, 2.24) is 5.32 Å². The molecule has 0 saturated heterocycles. The van der Waals surface area contributed by atoms with E-state index >= 15 is 0 Å². The van der Waals surface area contributed by atoms with Gasteiger partial charge in [-0.3, -0.25) is 9.11 Å². The lowest BCUT2D eigenvalue weighted by molar-refractivity contribution is -0.137. The van der Waals surface area contributed by atoms with E-state index < -0.39 is 44.1 Å². The highest BCUT2D eigenvalue weighted by Gasteiger charge is 2.30. The van der Waals surface area contributed by atoms with Gasteiger partial charge < -0.3 is 16.2 Å². The fourth-order valence-corrected chi connectivity index (χ4v) is 4.94. The van der Waals surface area contributed by atoms with Crippen molar-refractivity contribution in [3.8, 4) is 0 Å². The van der Waals surface area contributed by atoms with Gasteiger partial charge in [-0.2, -0.15) is 30.0 Å². The van der Waals surface area contributed by atoms with Gasteiger partial charge in [0.15, 0.2) is 0 Å². The van der Waals surface area contributed by atoms with Crippen LogP contribution in [0.1, 0.15) is 27.8 Å². The van der Waals surface area contributed by atoms with E-state index in [0.717, 1.165) is 28.8 Å². The lowest BCUT2D eigenvalue weighted by Gasteiger charge is -2.19. The van der Waals surface area contributed by atoms with Crippen LogP contribution >= 0.6 is 0 Å². The van der Waals surface area contributed by atoms with Gasteiger partial charge >= 0.3 is 6.18 Å². The Balaban J connectivity index is 0.000000287. The number of aliphatic hydroxyl groups excluding tert-OH is 1. The minimum atomic E-state index is -4.33. The van der Waals surface area contributed by atoms with E-state index in [1.54, 1.807) is 30.3 Å². The molecule has 0 heterocycles. The lowest BCUT2D eigenvalue weighted by Crippen LogP contribution is -2.43. The first-order valence-corrected chi connectivity index (χ1v) is 17.2. The number of benzene rings is 4. The maximum Gasteiger partial charge on any atom is 0.416 e. The average Bonchev–Trinajstić information content (AvgIpc) is 2.99. The zero-order valence-corrected chi connectivity index (χ0v) is 27.4. The summed E-state index contributed by atoms with van der Waals surface area (Å²) in [5, 5.41) is 13.1. The smallest absolute Gasteiger partial charge is 0.390 e. The second kappa shape index (κ2) is 18.1. The molecule has 4 aromatic rings. The molecular weight excluding hydrogens is 657 g/mol. The predicted molar refractivity (Wildman–Crippen MR) is 174 cm³/mol. The fourth-order valence-electron chi connectivity index (χ4n) is 3.98. The normalized spacial score (nSPS) is 13.0. The Hall–Kier alpha value is -3.63. The Kier molecular flexibility index (Phi) is 15.2. The number of nitrogens with one attached hydrogen (secondary N) is 1. The number of alkyl halides is 3. The second-order valence-corrected chi connectivity index (χ2v) is 13.5. The number of aryl methyl sites for hydroxylation is 2. The van der Waals surface area contributed by atoms with Crippen LogP contribution in [0.2, 0.25) is 0 Å². The second-order valence-electron chi connectivity index (χ2n) is 10.6. The summed E-state index contributed by atoms with van der Waals surface area (Å²) in [6.07, 6.45) is -4.03. The summed E-state index contributed by atoms with van der Waals surface area (Å²) >= 11 is 0. The first kappa shape index (κ1) is 39.5. The van der Waals surface area contributed by atoms with Crippen molar-refractivity contribution in [2.45, 2.75) is 54.8 Å². The van der Waals surface area contributed by atoms with Crippen molar-refractivity contribution < 1.29 is 44.2 Å². The van der Waals surface area contributed by atoms with Gasteiger partial charge in [-0.15, -0.1) is 0 Å². The van der Waals surface area contributed by atoms with E-state index in [2.05, 4.69) is 5.32 Å². The summed E-state index contributed by atoms with van der Waals surface area (Å²) in [4.78, 5) is -0.133. The zero-order chi connectivity index (χ0) is 35.3. The van der Waals surface area contributed by atoms with Gasteiger partial charge in [-0.05, 0) is 74.7 Å². The van der Waals surface area contributed by atoms with Crippen molar-refractivity contribution >= 4 is 20.2 Å². The zero-order valence-electron chi connectivity index (χ0n) is 25.8. The minimum absolute atomic E-state index is 0.0666. The quantitative estimate of drug-likeness (QED) is 0.110. The molecule has 0 aliphatic rings. The van der Waals surface area contributed by atoms with Crippen molar-refractivity contribution in [2.75, 3.05) is 13.1 Å². The molecule has 4 aromatic carbocycles. The Bertz CT molecular complexity index is 1660. The molecule has 0 radical (unpaired) electrons. The highest BCUT2D eigenvalue weighted by molar-refractivity contribution is 7.86. The minimum Gasteiger partial charge on any atom is -0.390 e. The van der Waals surface area contributed by atoms with Crippen molar-refractivity contribution in [3.05, 3.63) is 131 Å². The first-order valence-electron chi connectivity index (χ1n) is 14.3. The van der Waals surface area contributed by atoms with E-state index in [-0.39, 0.29) is 9.79 Å². The van der Waals surface area contributed by atoms with Gasteiger partial charge in [0.2, 0.25) is 0 Å². The molecule has 47 heavy (non-hydrogen) atoms. The highest BCUT2D eigenvalue weighted by Crippen LogP contribution is 2.29. The molecule has 2 atom stereocenters. The maximum absolute atomic E-state index is 12.7. The lowest BCUT2D eigenvalue weighted by atomic mass is 10.0. The van der Waals surface area contributed by atoms with Crippen molar-refractivity contribution in [2.24, 2.45) is 5.73 Å². The molecule has 256 valence electrons. The Morgan fingerprint density at radius 3 is 1.64 bits per heavy atom.